The Balaban J connectivity index is 2.10. The molecule has 2 aromatic rings. The van der Waals surface area contributed by atoms with Crippen LogP contribution in [0.25, 0.3) is 11.0 Å². The van der Waals surface area contributed by atoms with Crippen molar-refractivity contribution in [2.75, 3.05) is 0 Å². The Labute approximate surface area is 107 Å². The van der Waals surface area contributed by atoms with Gasteiger partial charge in [-0.15, -0.1) is 0 Å². The monoisotopic (exact) mass is 246 g/mol. The number of aryl methyl sites for hydroxylation is 1. The molecule has 1 saturated carbocycles. The van der Waals surface area contributed by atoms with Gasteiger partial charge in [0.2, 0.25) is 0 Å². The largest absolute Gasteiger partial charge is 0.331 e. The average molecular weight is 246 g/mol. The number of H-pyrrole nitrogens is 1. The lowest BCUT2D eigenvalue weighted by molar-refractivity contribution is 0.502. The topological polar surface area (TPSA) is 20.7 Å². The summed E-state index contributed by atoms with van der Waals surface area (Å²) in [5.74, 6) is 0.771. The first-order valence-electron chi connectivity index (χ1n) is 6.17. The summed E-state index contributed by atoms with van der Waals surface area (Å²) in [5.41, 5.74) is 4.24. The lowest BCUT2D eigenvalue weighted by Gasteiger charge is -2.07. The minimum Gasteiger partial charge on any atom is -0.331 e. The molecule has 1 atom stereocenters. The van der Waals surface area contributed by atoms with Crippen molar-refractivity contribution in [1.82, 2.24) is 9.55 Å². The van der Waals surface area contributed by atoms with Crippen LogP contribution in [0.3, 0.4) is 0 Å². The molecular weight excluding hydrogens is 228 g/mol. The van der Waals surface area contributed by atoms with E-state index in [1.807, 2.05) is 0 Å². The van der Waals surface area contributed by atoms with Crippen LogP contribution in [0.15, 0.2) is 18.2 Å². The van der Waals surface area contributed by atoms with Gasteiger partial charge in [-0.2, -0.15) is 0 Å². The van der Waals surface area contributed by atoms with Gasteiger partial charge in [-0.1, -0.05) is 26.0 Å². The molecule has 1 unspecified atom stereocenters. The molecule has 0 aliphatic heterocycles. The van der Waals surface area contributed by atoms with Crippen LogP contribution in [0.4, 0.5) is 0 Å². The molecule has 2 nitrogen and oxygen atoms in total. The van der Waals surface area contributed by atoms with Crippen molar-refractivity contribution in [3.63, 3.8) is 0 Å². The Hall–Kier alpha value is -1.09. The van der Waals surface area contributed by atoms with Crippen LogP contribution in [-0.2, 0) is 6.54 Å². The first-order valence-corrected chi connectivity index (χ1v) is 6.58. The van der Waals surface area contributed by atoms with E-state index in [1.54, 1.807) is 0 Å². The number of aromatic nitrogens is 2. The Bertz CT molecular complexity index is 633. The number of fused-ring (bicyclic) bond motifs is 1. The van der Waals surface area contributed by atoms with Crippen LogP contribution in [0.1, 0.15) is 25.8 Å². The quantitative estimate of drug-likeness (QED) is 0.793. The molecular formula is C14H18N2S. The Morgan fingerprint density at radius 1 is 1.47 bits per heavy atom. The second kappa shape index (κ2) is 3.45. The van der Waals surface area contributed by atoms with Gasteiger partial charge in [0.25, 0.3) is 0 Å². The molecule has 1 aliphatic carbocycles. The molecule has 17 heavy (non-hydrogen) atoms. The highest BCUT2D eigenvalue weighted by Crippen LogP contribution is 2.52. The van der Waals surface area contributed by atoms with Gasteiger partial charge in [-0.05, 0) is 48.5 Å². The molecule has 1 aliphatic rings. The van der Waals surface area contributed by atoms with Gasteiger partial charge < -0.3 is 9.55 Å². The fourth-order valence-electron chi connectivity index (χ4n) is 2.68. The maximum atomic E-state index is 5.44. The van der Waals surface area contributed by atoms with Crippen molar-refractivity contribution in [3.8, 4) is 0 Å². The third-order valence-electron chi connectivity index (χ3n) is 4.11. The van der Waals surface area contributed by atoms with Crippen LogP contribution in [0, 0.1) is 23.0 Å². The minimum atomic E-state index is 0.501. The van der Waals surface area contributed by atoms with E-state index in [1.165, 1.54) is 17.5 Å². The Kier molecular flexibility index (Phi) is 2.24. The zero-order valence-corrected chi connectivity index (χ0v) is 11.4. The van der Waals surface area contributed by atoms with Gasteiger partial charge >= 0.3 is 0 Å². The fourth-order valence-corrected chi connectivity index (χ4v) is 2.96. The Morgan fingerprint density at radius 3 is 2.82 bits per heavy atom. The van der Waals surface area contributed by atoms with E-state index in [2.05, 4.69) is 48.5 Å². The number of nitrogens with zero attached hydrogens (tertiary/aromatic N) is 1. The average Bonchev–Trinajstić information content (AvgIpc) is 2.69. The highest BCUT2D eigenvalue weighted by atomic mass is 32.1. The van der Waals surface area contributed by atoms with Gasteiger partial charge in [0.15, 0.2) is 4.77 Å². The minimum absolute atomic E-state index is 0.501. The highest BCUT2D eigenvalue weighted by Gasteiger charge is 2.45. The third kappa shape index (κ3) is 1.73. The van der Waals surface area contributed by atoms with Crippen LogP contribution in [-0.4, -0.2) is 9.55 Å². The first-order chi connectivity index (χ1) is 7.99. The molecule has 3 heteroatoms. The van der Waals surface area contributed by atoms with Gasteiger partial charge in [0.1, 0.15) is 0 Å². The van der Waals surface area contributed by atoms with E-state index in [4.69, 9.17) is 12.2 Å². The number of aromatic amines is 1. The van der Waals surface area contributed by atoms with E-state index in [9.17, 15) is 0 Å². The van der Waals surface area contributed by atoms with E-state index in [0.29, 0.717) is 5.41 Å². The first kappa shape index (κ1) is 11.0. The molecule has 0 saturated heterocycles. The van der Waals surface area contributed by atoms with Gasteiger partial charge in [-0.3, -0.25) is 0 Å². The van der Waals surface area contributed by atoms with Crippen LogP contribution < -0.4 is 0 Å². The fraction of sp³-hybridized carbons (Fsp3) is 0.500. The summed E-state index contributed by atoms with van der Waals surface area (Å²) >= 11 is 5.44. The molecule has 1 aromatic heterocycles. The molecule has 90 valence electrons. The van der Waals surface area contributed by atoms with Gasteiger partial charge in [0, 0.05) is 6.54 Å². The number of rotatable bonds is 2. The number of hydrogen-bond donors (Lipinski definition) is 1. The van der Waals surface area contributed by atoms with Crippen molar-refractivity contribution in [2.24, 2.45) is 11.3 Å². The molecule has 1 fully saturated rings. The third-order valence-corrected chi connectivity index (χ3v) is 4.44. The molecule has 1 aromatic carbocycles. The van der Waals surface area contributed by atoms with Gasteiger partial charge in [-0.25, -0.2) is 0 Å². The zero-order valence-electron chi connectivity index (χ0n) is 10.6. The summed E-state index contributed by atoms with van der Waals surface area (Å²) in [7, 11) is 0. The maximum absolute atomic E-state index is 5.44. The standard InChI is InChI=1S/C14H18N2S/c1-9-5-4-6-11-12(9)16(13(17)15-11)8-10-7-14(10,2)3/h4-6,10H,7-8H2,1-3H3,(H,15,17). The van der Waals surface area contributed by atoms with Crippen molar-refractivity contribution < 1.29 is 0 Å². The molecule has 1 heterocycles. The number of benzene rings is 1. The molecule has 0 spiro atoms. The summed E-state index contributed by atoms with van der Waals surface area (Å²) in [5, 5.41) is 0. The predicted molar refractivity (Wildman–Crippen MR) is 73.7 cm³/mol. The van der Waals surface area contributed by atoms with E-state index in [-0.39, 0.29) is 0 Å². The summed E-state index contributed by atoms with van der Waals surface area (Å²) in [6, 6.07) is 6.33. The van der Waals surface area contributed by atoms with Crippen molar-refractivity contribution in [2.45, 2.75) is 33.7 Å². The Morgan fingerprint density at radius 2 is 2.18 bits per heavy atom. The summed E-state index contributed by atoms with van der Waals surface area (Å²) in [4.78, 5) is 3.31. The zero-order chi connectivity index (χ0) is 12.2. The molecule has 0 radical (unpaired) electrons. The molecule has 1 N–H and O–H groups in total. The van der Waals surface area contributed by atoms with E-state index in [0.717, 1.165) is 22.8 Å². The summed E-state index contributed by atoms with van der Waals surface area (Å²) < 4.78 is 3.14. The number of nitrogens with one attached hydrogen (secondary N) is 1. The van der Waals surface area contributed by atoms with Crippen LogP contribution >= 0.6 is 12.2 Å². The molecule has 3 rings (SSSR count). The number of imidazole rings is 1. The summed E-state index contributed by atoms with van der Waals surface area (Å²) in [6.45, 7) is 7.88. The summed E-state index contributed by atoms with van der Waals surface area (Å²) in [6.07, 6.45) is 1.31. The second-order valence-electron chi connectivity index (χ2n) is 5.90. The highest BCUT2D eigenvalue weighted by molar-refractivity contribution is 7.71. The van der Waals surface area contributed by atoms with Gasteiger partial charge in [0.05, 0.1) is 11.0 Å². The predicted octanol–water partition coefficient (Wildman–Crippen LogP) is 4.05. The maximum Gasteiger partial charge on any atom is 0.178 e. The number of para-hydroxylation sites is 1. The smallest absolute Gasteiger partial charge is 0.178 e. The van der Waals surface area contributed by atoms with E-state index >= 15 is 0 Å². The van der Waals surface area contributed by atoms with Crippen molar-refractivity contribution in [3.05, 3.63) is 28.5 Å². The lowest BCUT2D eigenvalue weighted by Crippen LogP contribution is -2.04. The molecule has 0 amide bonds. The van der Waals surface area contributed by atoms with E-state index < -0.39 is 0 Å². The molecule has 0 bridgehead atoms. The number of hydrogen-bond acceptors (Lipinski definition) is 1. The van der Waals surface area contributed by atoms with Crippen molar-refractivity contribution >= 4 is 23.3 Å². The second-order valence-corrected chi connectivity index (χ2v) is 6.29. The SMILES string of the molecule is Cc1cccc2[nH]c(=S)n(CC3CC3(C)C)c12. The van der Waals surface area contributed by atoms with Crippen molar-refractivity contribution in [1.29, 1.82) is 0 Å². The van der Waals surface area contributed by atoms with Crippen LogP contribution in [0.5, 0.6) is 0 Å². The van der Waals surface area contributed by atoms with Crippen LogP contribution in [0.2, 0.25) is 0 Å². The normalized spacial score (nSPS) is 21.9. The lowest BCUT2D eigenvalue weighted by atomic mass is 10.1.